The molecule has 2 heterocycles. The number of amidine groups is 1. The van der Waals surface area contributed by atoms with Gasteiger partial charge in [0.2, 0.25) is 0 Å². The summed E-state index contributed by atoms with van der Waals surface area (Å²) in [7, 11) is 0. The van der Waals surface area contributed by atoms with Gasteiger partial charge in [-0.3, -0.25) is 28.9 Å². The summed E-state index contributed by atoms with van der Waals surface area (Å²) in [4.78, 5) is 67.7. The number of esters is 4. The second-order valence-electron chi connectivity index (χ2n) is 9.50. The molecular formula is C30H30N2O10S. The lowest BCUT2D eigenvalue weighted by Crippen LogP contribution is -2.61. The number of thioether (sulfide) groups is 1. The molecule has 2 aromatic carbocycles. The highest BCUT2D eigenvalue weighted by Gasteiger charge is 2.53. The Morgan fingerprint density at radius 2 is 1.37 bits per heavy atom. The number of benzene rings is 2. The maximum atomic E-state index is 13.7. The SMILES string of the molecule is CC(=O)OC[C@H]1O[C@@H](SC2=N/C(=C/c3ccccc3)C(=O)N2c2ccccc2)[C@H](OC(C)=O)[C@@H](OC(C)=O)[C@@H]1OC(C)=O. The fourth-order valence-electron chi connectivity index (χ4n) is 4.47. The van der Waals surface area contributed by atoms with Crippen LogP contribution >= 0.6 is 11.8 Å². The van der Waals surface area contributed by atoms with Crippen molar-refractivity contribution in [3.8, 4) is 0 Å². The molecule has 0 spiro atoms. The van der Waals surface area contributed by atoms with E-state index in [2.05, 4.69) is 4.99 Å². The maximum Gasteiger partial charge on any atom is 0.303 e. The Balaban J connectivity index is 1.78. The predicted molar refractivity (Wildman–Crippen MR) is 155 cm³/mol. The zero-order chi connectivity index (χ0) is 31.1. The fourth-order valence-corrected chi connectivity index (χ4v) is 5.67. The molecular weight excluding hydrogens is 580 g/mol. The Hall–Kier alpha value is -4.49. The monoisotopic (exact) mass is 610 g/mol. The molecule has 0 unspecified atom stereocenters. The average molecular weight is 611 g/mol. The number of ether oxygens (including phenoxy) is 5. The van der Waals surface area contributed by atoms with Gasteiger partial charge in [0.05, 0.1) is 5.69 Å². The number of hydrogen-bond acceptors (Lipinski definition) is 12. The summed E-state index contributed by atoms with van der Waals surface area (Å²) in [5, 5.41) is 0.180. The van der Waals surface area contributed by atoms with E-state index in [1.165, 1.54) is 11.8 Å². The zero-order valence-electron chi connectivity index (χ0n) is 23.8. The third-order valence-electron chi connectivity index (χ3n) is 6.12. The minimum atomic E-state index is -1.35. The van der Waals surface area contributed by atoms with Gasteiger partial charge in [0.1, 0.15) is 18.4 Å². The highest BCUT2D eigenvalue weighted by atomic mass is 32.2. The number of aliphatic imine (C=N–C) groups is 1. The topological polar surface area (TPSA) is 147 Å². The highest BCUT2D eigenvalue weighted by Crippen LogP contribution is 2.38. The van der Waals surface area contributed by atoms with Gasteiger partial charge >= 0.3 is 23.9 Å². The fraction of sp³-hybridized carbons (Fsp3) is 0.333. The second kappa shape index (κ2) is 14.1. The Kier molecular flexibility index (Phi) is 10.3. The summed E-state index contributed by atoms with van der Waals surface area (Å²) in [6.45, 7) is 4.27. The molecule has 1 amide bonds. The second-order valence-corrected chi connectivity index (χ2v) is 10.6. The van der Waals surface area contributed by atoms with E-state index < -0.39 is 59.6 Å². The first-order valence-electron chi connectivity index (χ1n) is 13.3. The Morgan fingerprint density at radius 1 is 0.814 bits per heavy atom. The molecule has 13 heteroatoms. The van der Waals surface area contributed by atoms with Crippen molar-refractivity contribution in [2.24, 2.45) is 4.99 Å². The molecule has 0 aliphatic carbocycles. The van der Waals surface area contributed by atoms with Crippen molar-refractivity contribution >= 4 is 58.5 Å². The van der Waals surface area contributed by atoms with Gasteiger partial charge in [-0.15, -0.1) is 0 Å². The largest absolute Gasteiger partial charge is 0.463 e. The van der Waals surface area contributed by atoms with E-state index in [1.807, 2.05) is 30.3 Å². The van der Waals surface area contributed by atoms with Gasteiger partial charge in [0.25, 0.3) is 5.91 Å². The molecule has 5 atom stereocenters. The van der Waals surface area contributed by atoms with E-state index in [0.29, 0.717) is 5.69 Å². The van der Waals surface area contributed by atoms with Crippen molar-refractivity contribution in [1.82, 2.24) is 0 Å². The van der Waals surface area contributed by atoms with E-state index in [1.54, 1.807) is 36.4 Å². The summed E-state index contributed by atoms with van der Waals surface area (Å²) >= 11 is 0.932. The molecule has 12 nitrogen and oxygen atoms in total. The molecule has 1 saturated heterocycles. The minimum Gasteiger partial charge on any atom is -0.463 e. The first-order chi connectivity index (χ1) is 20.5. The van der Waals surface area contributed by atoms with Crippen molar-refractivity contribution in [2.75, 3.05) is 11.5 Å². The number of nitrogens with zero attached hydrogens (tertiary/aromatic N) is 2. The minimum absolute atomic E-state index is 0.142. The molecule has 0 radical (unpaired) electrons. The van der Waals surface area contributed by atoms with Crippen LogP contribution < -0.4 is 4.90 Å². The summed E-state index contributed by atoms with van der Waals surface area (Å²) < 4.78 is 27.9. The number of carbonyl (C=O) groups is 5. The van der Waals surface area contributed by atoms with E-state index >= 15 is 0 Å². The number of amides is 1. The molecule has 226 valence electrons. The number of carbonyl (C=O) groups excluding carboxylic acids is 5. The number of rotatable bonds is 8. The highest BCUT2D eigenvalue weighted by molar-refractivity contribution is 8.14. The smallest absolute Gasteiger partial charge is 0.303 e. The van der Waals surface area contributed by atoms with Gasteiger partial charge in [-0.25, -0.2) is 4.99 Å². The predicted octanol–water partition coefficient (Wildman–Crippen LogP) is 3.25. The van der Waals surface area contributed by atoms with Crippen LogP contribution in [-0.4, -0.2) is 71.4 Å². The summed E-state index contributed by atoms with van der Waals surface area (Å²) in [6, 6.07) is 17.9. The molecule has 2 aliphatic rings. The Bertz CT molecular complexity index is 1430. The van der Waals surface area contributed by atoms with Crippen molar-refractivity contribution in [3.63, 3.8) is 0 Å². The summed E-state index contributed by atoms with van der Waals surface area (Å²) in [6.07, 6.45) is -3.46. The van der Waals surface area contributed by atoms with Crippen LogP contribution in [0.3, 0.4) is 0 Å². The van der Waals surface area contributed by atoms with Crippen molar-refractivity contribution in [2.45, 2.75) is 57.5 Å². The molecule has 0 N–H and O–H groups in total. The number of hydrogen-bond donors (Lipinski definition) is 0. The van der Waals surface area contributed by atoms with Crippen molar-refractivity contribution < 1.29 is 47.7 Å². The van der Waals surface area contributed by atoms with Crippen LogP contribution in [0.5, 0.6) is 0 Å². The zero-order valence-corrected chi connectivity index (χ0v) is 24.6. The lowest BCUT2D eigenvalue weighted by molar-refractivity contribution is -0.237. The van der Waals surface area contributed by atoms with Gasteiger partial charge in [-0.1, -0.05) is 60.3 Å². The van der Waals surface area contributed by atoms with Gasteiger partial charge in [0, 0.05) is 27.7 Å². The standard InChI is InChI=1S/C30H30N2O10S/c1-17(33)38-16-24-25(39-18(2)34)26(40-19(3)35)27(41-20(4)36)29(42-24)43-30-31-23(15-21-11-7-5-8-12-21)28(37)32(30)22-13-9-6-10-14-22/h5-15,24-27,29H,16H2,1-4H3/b23-15+/t24-,25-,26+,27-,29+/m1/s1. The molecule has 0 aromatic heterocycles. The van der Waals surface area contributed by atoms with Crippen LogP contribution in [-0.2, 0) is 47.7 Å². The number of anilines is 1. The van der Waals surface area contributed by atoms with Crippen LogP contribution in [0.4, 0.5) is 5.69 Å². The number of para-hydroxylation sites is 1. The van der Waals surface area contributed by atoms with Crippen LogP contribution in [0, 0.1) is 0 Å². The first kappa shape index (κ1) is 31.4. The van der Waals surface area contributed by atoms with Gasteiger partial charge in [-0.2, -0.15) is 0 Å². The van der Waals surface area contributed by atoms with E-state index in [9.17, 15) is 24.0 Å². The molecule has 4 rings (SSSR count). The van der Waals surface area contributed by atoms with Crippen LogP contribution in [0.1, 0.15) is 33.3 Å². The van der Waals surface area contributed by atoms with Gasteiger partial charge in [-0.05, 0) is 23.8 Å². The lowest BCUT2D eigenvalue weighted by atomic mass is 9.99. The lowest BCUT2D eigenvalue weighted by Gasteiger charge is -2.44. The molecule has 43 heavy (non-hydrogen) atoms. The quantitative estimate of drug-likeness (QED) is 0.246. The molecule has 2 aromatic rings. The van der Waals surface area contributed by atoms with Crippen LogP contribution in [0.15, 0.2) is 71.4 Å². The van der Waals surface area contributed by atoms with Crippen molar-refractivity contribution in [1.29, 1.82) is 0 Å². The van der Waals surface area contributed by atoms with E-state index in [0.717, 1.165) is 38.1 Å². The summed E-state index contributed by atoms with van der Waals surface area (Å²) in [5.74, 6) is -3.25. The molecule has 2 aliphatic heterocycles. The molecule has 0 bridgehead atoms. The average Bonchev–Trinajstić information content (AvgIpc) is 3.25. The first-order valence-corrected chi connectivity index (χ1v) is 14.1. The van der Waals surface area contributed by atoms with Crippen molar-refractivity contribution in [3.05, 3.63) is 71.9 Å². The Labute approximate surface area is 252 Å². The summed E-state index contributed by atoms with van der Waals surface area (Å²) in [5.41, 5.74) is 0.250. The van der Waals surface area contributed by atoms with Crippen LogP contribution in [0.25, 0.3) is 6.08 Å². The van der Waals surface area contributed by atoms with E-state index in [-0.39, 0.29) is 17.5 Å². The molecule has 1 fully saturated rings. The van der Waals surface area contributed by atoms with Gasteiger partial charge < -0.3 is 23.7 Å². The molecule has 0 saturated carbocycles. The van der Waals surface area contributed by atoms with Gasteiger partial charge in [0.15, 0.2) is 28.9 Å². The third kappa shape index (κ3) is 8.08. The van der Waals surface area contributed by atoms with Crippen LogP contribution in [0.2, 0.25) is 0 Å². The van der Waals surface area contributed by atoms with E-state index in [4.69, 9.17) is 23.7 Å². The normalized spacial score (nSPS) is 24.2. The Morgan fingerprint density at radius 3 is 1.95 bits per heavy atom. The maximum absolute atomic E-state index is 13.7. The third-order valence-corrected chi connectivity index (χ3v) is 7.21.